The number of aliphatic hydroxyl groups is 1. The van der Waals surface area contributed by atoms with Gasteiger partial charge in [0.1, 0.15) is 19.0 Å². The normalized spacial score (nSPS) is 13.2. The zero-order chi connectivity index (χ0) is 38.8. The minimum Gasteiger partial charge on any atom is -0.489 e. The molecule has 0 saturated carbocycles. The lowest BCUT2D eigenvalue weighted by atomic mass is 9.96. The van der Waals surface area contributed by atoms with Gasteiger partial charge in [0.2, 0.25) is 11.8 Å². The summed E-state index contributed by atoms with van der Waals surface area (Å²) in [6.07, 6.45) is 7.11. The summed E-state index contributed by atoms with van der Waals surface area (Å²) in [6.45, 7) is 7.78. The number of benzene rings is 4. The van der Waals surface area contributed by atoms with Gasteiger partial charge in [0.05, 0.1) is 30.5 Å². The number of fused-ring (bicyclic) bond motifs is 1. The number of aliphatic hydroxyl groups excluding tert-OH is 1. The number of carbonyl (C=O) groups is 3. The first-order valence-electron chi connectivity index (χ1n) is 18.8. The first-order chi connectivity index (χ1) is 26.8. The molecule has 0 aliphatic rings. The van der Waals surface area contributed by atoms with E-state index in [-0.39, 0.29) is 43.8 Å². The average molecular weight is 742 g/mol. The molecule has 286 valence electrons. The van der Waals surface area contributed by atoms with Gasteiger partial charge in [-0.3, -0.25) is 14.4 Å². The Morgan fingerprint density at radius 2 is 1.35 bits per heavy atom. The molecule has 4 aromatic carbocycles. The molecule has 9 heteroatoms. The van der Waals surface area contributed by atoms with Crippen LogP contribution in [0.25, 0.3) is 10.9 Å². The number of hydrogen-bond donors (Lipinski definition) is 4. The Labute approximate surface area is 323 Å². The third kappa shape index (κ3) is 12.6. The molecule has 0 bridgehead atoms. The summed E-state index contributed by atoms with van der Waals surface area (Å²) in [7, 11) is 0. The highest BCUT2D eigenvalue weighted by molar-refractivity contribution is 5.87. The van der Waals surface area contributed by atoms with E-state index < -0.39 is 23.9 Å². The maximum Gasteiger partial charge on any atom is 0.309 e. The number of H-pyrrole nitrogens is 1. The van der Waals surface area contributed by atoms with E-state index in [1.807, 2.05) is 115 Å². The van der Waals surface area contributed by atoms with Crippen LogP contribution in [-0.4, -0.2) is 53.2 Å². The molecule has 0 radical (unpaired) electrons. The Morgan fingerprint density at radius 3 is 2.04 bits per heavy atom. The first-order valence-corrected chi connectivity index (χ1v) is 18.8. The van der Waals surface area contributed by atoms with Crippen molar-refractivity contribution in [2.24, 2.45) is 11.8 Å². The minimum atomic E-state index is -0.731. The van der Waals surface area contributed by atoms with Gasteiger partial charge >= 0.3 is 5.97 Å². The molecule has 4 N–H and O–H groups in total. The molecule has 0 aliphatic carbocycles. The quantitative estimate of drug-likeness (QED) is 0.0445. The molecule has 0 unspecified atom stereocenters. The van der Waals surface area contributed by atoms with Gasteiger partial charge in [0.25, 0.3) is 0 Å². The number of aromatic amines is 1. The van der Waals surface area contributed by atoms with Crippen molar-refractivity contribution in [1.29, 1.82) is 0 Å². The molecule has 5 rings (SSSR count). The van der Waals surface area contributed by atoms with Crippen LogP contribution in [0.5, 0.6) is 5.75 Å². The zero-order valence-electron chi connectivity index (χ0n) is 31.2. The molecule has 0 aliphatic heterocycles. The van der Waals surface area contributed by atoms with Gasteiger partial charge in [0.15, 0.2) is 0 Å². The van der Waals surface area contributed by atoms with Gasteiger partial charge < -0.3 is 30.2 Å². The van der Waals surface area contributed by atoms with E-state index in [4.69, 9.17) is 9.47 Å². The number of hydrogen-bond acceptors (Lipinski definition) is 6. The highest BCUT2D eigenvalue weighted by Gasteiger charge is 2.27. The van der Waals surface area contributed by atoms with Crippen molar-refractivity contribution < 1.29 is 29.0 Å². The maximum absolute atomic E-state index is 13.9. The number of para-hydroxylation sites is 1. The van der Waals surface area contributed by atoms with E-state index in [0.29, 0.717) is 32.3 Å². The number of rotatable bonds is 22. The smallest absolute Gasteiger partial charge is 0.309 e. The van der Waals surface area contributed by atoms with Crippen molar-refractivity contribution in [3.63, 3.8) is 0 Å². The number of allylic oxidation sites excluding steroid dienone is 2. The number of amides is 2. The maximum atomic E-state index is 13.9. The predicted molar refractivity (Wildman–Crippen MR) is 216 cm³/mol. The van der Waals surface area contributed by atoms with Crippen molar-refractivity contribution >= 4 is 28.7 Å². The van der Waals surface area contributed by atoms with Crippen molar-refractivity contribution in [3.05, 3.63) is 163 Å². The lowest BCUT2D eigenvalue weighted by Crippen LogP contribution is -2.45. The van der Waals surface area contributed by atoms with Gasteiger partial charge in [-0.2, -0.15) is 0 Å². The van der Waals surface area contributed by atoms with Gasteiger partial charge in [-0.15, -0.1) is 13.2 Å². The molecular weight excluding hydrogens is 691 g/mol. The fourth-order valence-corrected chi connectivity index (χ4v) is 6.60. The SMILES string of the molecule is C=CC[C@@H](CC(=O)N[C@H](CO)Cc1ccc(OCc2ccccc2)cc1)C(=O)N[C@H](COC(=O)[C@H](CC=C)Cc1ccccc1)Cc1c[nH]c2ccccc12. The second kappa shape index (κ2) is 21.1. The van der Waals surface area contributed by atoms with Gasteiger partial charge in [-0.1, -0.05) is 103 Å². The Balaban J connectivity index is 1.20. The van der Waals surface area contributed by atoms with Crippen molar-refractivity contribution in [3.8, 4) is 5.75 Å². The van der Waals surface area contributed by atoms with E-state index in [1.165, 1.54) is 0 Å². The summed E-state index contributed by atoms with van der Waals surface area (Å²) in [5.74, 6) is -1.52. The van der Waals surface area contributed by atoms with E-state index in [9.17, 15) is 19.5 Å². The summed E-state index contributed by atoms with van der Waals surface area (Å²) in [6, 6.07) is 33.9. The van der Waals surface area contributed by atoms with Crippen LogP contribution in [0.15, 0.2) is 141 Å². The van der Waals surface area contributed by atoms with Crippen LogP contribution in [0.3, 0.4) is 0 Å². The van der Waals surface area contributed by atoms with E-state index in [1.54, 1.807) is 12.2 Å². The average Bonchev–Trinajstić information content (AvgIpc) is 3.62. The van der Waals surface area contributed by atoms with Crippen LogP contribution in [-0.2, 0) is 45.0 Å². The predicted octanol–water partition coefficient (Wildman–Crippen LogP) is 7.05. The van der Waals surface area contributed by atoms with Crippen LogP contribution < -0.4 is 15.4 Å². The molecule has 55 heavy (non-hydrogen) atoms. The number of nitrogens with one attached hydrogen (secondary N) is 3. The number of aromatic nitrogens is 1. The molecule has 0 spiro atoms. The summed E-state index contributed by atoms with van der Waals surface area (Å²) < 4.78 is 11.8. The van der Waals surface area contributed by atoms with Crippen LogP contribution in [0.1, 0.15) is 41.5 Å². The molecule has 9 nitrogen and oxygen atoms in total. The molecule has 0 saturated heterocycles. The van der Waals surface area contributed by atoms with E-state index in [2.05, 4.69) is 28.8 Å². The molecule has 1 aromatic heterocycles. The standard InChI is InChI=1S/C46H51N3O6/c1-3-13-36(28-44(51)48-39(30-50)26-34-21-23-41(24-22-34)54-31-35-17-9-6-10-18-35)45(52)49-40(27-38-29-47-43-20-12-11-19-42(38)43)32-55-46(53)37(14-4-2)25-33-15-7-5-8-16-33/h3-12,15-24,29,36-37,39-40,47,50H,1-2,13-14,25-28,30-32H2,(H,48,51)(H,49,52)/t36-,37+,39-,40-/m0/s1. The van der Waals surface area contributed by atoms with Crippen molar-refractivity contribution in [2.45, 2.75) is 57.2 Å². The van der Waals surface area contributed by atoms with Gasteiger partial charge in [0, 0.05) is 23.5 Å². The number of ether oxygens (including phenoxy) is 2. The number of carbonyl (C=O) groups excluding carboxylic acids is 3. The molecule has 4 atom stereocenters. The van der Waals surface area contributed by atoms with Crippen LogP contribution in [0.2, 0.25) is 0 Å². The molecule has 5 aromatic rings. The topological polar surface area (TPSA) is 130 Å². The molecular formula is C46H51N3O6. The number of esters is 1. The van der Waals surface area contributed by atoms with Gasteiger partial charge in [-0.25, -0.2) is 0 Å². The summed E-state index contributed by atoms with van der Waals surface area (Å²) in [5.41, 5.74) is 4.92. The Kier molecular flexibility index (Phi) is 15.4. The monoisotopic (exact) mass is 741 g/mol. The highest BCUT2D eigenvalue weighted by atomic mass is 16.5. The first kappa shape index (κ1) is 40.3. The fraction of sp³-hybridized carbons (Fsp3) is 0.283. The summed E-state index contributed by atoms with van der Waals surface area (Å²) in [5, 5.41) is 17.1. The molecule has 2 amide bonds. The fourth-order valence-electron chi connectivity index (χ4n) is 6.60. The largest absolute Gasteiger partial charge is 0.489 e. The molecule has 0 fully saturated rings. The lowest BCUT2D eigenvalue weighted by Gasteiger charge is -2.24. The van der Waals surface area contributed by atoms with Crippen molar-refractivity contribution in [2.75, 3.05) is 13.2 Å². The third-order valence-corrected chi connectivity index (χ3v) is 9.52. The zero-order valence-corrected chi connectivity index (χ0v) is 31.2. The van der Waals surface area contributed by atoms with Gasteiger partial charge in [-0.05, 0) is 72.6 Å². The van der Waals surface area contributed by atoms with Crippen molar-refractivity contribution in [1.82, 2.24) is 15.6 Å². The Hall–Kier alpha value is -5.93. The van der Waals surface area contributed by atoms with Crippen LogP contribution in [0.4, 0.5) is 0 Å². The molecule has 1 heterocycles. The van der Waals surface area contributed by atoms with Crippen LogP contribution >= 0.6 is 0 Å². The Morgan fingerprint density at radius 1 is 0.709 bits per heavy atom. The second-order valence-electron chi connectivity index (χ2n) is 13.8. The summed E-state index contributed by atoms with van der Waals surface area (Å²) >= 11 is 0. The van der Waals surface area contributed by atoms with E-state index >= 15 is 0 Å². The van der Waals surface area contributed by atoms with Crippen LogP contribution in [0, 0.1) is 11.8 Å². The highest BCUT2D eigenvalue weighted by Crippen LogP contribution is 2.21. The minimum absolute atomic E-state index is 0.0534. The Bertz CT molecular complexity index is 1980. The third-order valence-electron chi connectivity index (χ3n) is 9.52. The lowest BCUT2D eigenvalue weighted by molar-refractivity contribution is -0.149. The second-order valence-corrected chi connectivity index (χ2v) is 13.8. The summed E-state index contributed by atoms with van der Waals surface area (Å²) in [4.78, 5) is 43.9. The van der Waals surface area contributed by atoms with E-state index in [0.717, 1.165) is 38.9 Å².